The number of hydrogen-bond donors (Lipinski definition) is 1. The molecule has 0 amide bonds. The Balaban J connectivity index is 1.59. The van der Waals surface area contributed by atoms with Gasteiger partial charge in [0.15, 0.2) is 0 Å². The second-order valence-corrected chi connectivity index (χ2v) is 7.23. The lowest BCUT2D eigenvalue weighted by Crippen LogP contribution is -2.43. The Morgan fingerprint density at radius 3 is 2.73 bits per heavy atom. The second kappa shape index (κ2) is 7.01. The molecule has 0 bridgehead atoms. The number of aromatic nitrogens is 2. The minimum Gasteiger partial charge on any atom is -0.368 e. The molecule has 122 valence electrons. The van der Waals surface area contributed by atoms with Crippen LogP contribution in [0.5, 0.6) is 0 Å². The predicted molar refractivity (Wildman–Crippen MR) is 91.2 cm³/mol. The summed E-state index contributed by atoms with van der Waals surface area (Å²) in [6.07, 6.45) is 5.19. The first-order chi connectivity index (χ1) is 10.6. The minimum atomic E-state index is 0.259. The first kappa shape index (κ1) is 15.8. The average molecular weight is 324 g/mol. The number of nitrogen functional groups attached to an aromatic ring is 1. The van der Waals surface area contributed by atoms with E-state index in [1.54, 1.807) is 0 Å². The monoisotopic (exact) mass is 323 g/mol. The highest BCUT2D eigenvalue weighted by atomic mass is 35.5. The Kier molecular flexibility index (Phi) is 5.03. The van der Waals surface area contributed by atoms with Gasteiger partial charge in [-0.25, -0.2) is 4.98 Å². The lowest BCUT2D eigenvalue weighted by molar-refractivity contribution is 0.159. The molecule has 0 radical (unpaired) electrons. The molecule has 1 atom stereocenters. The summed E-state index contributed by atoms with van der Waals surface area (Å²) in [5.41, 5.74) is 5.72. The van der Waals surface area contributed by atoms with Crippen LogP contribution >= 0.6 is 11.6 Å². The van der Waals surface area contributed by atoms with Crippen molar-refractivity contribution in [3.63, 3.8) is 0 Å². The summed E-state index contributed by atoms with van der Waals surface area (Å²) in [4.78, 5) is 13.2. The quantitative estimate of drug-likeness (QED) is 0.867. The van der Waals surface area contributed by atoms with Crippen molar-refractivity contribution in [1.82, 2.24) is 14.9 Å². The second-order valence-electron chi connectivity index (χ2n) is 6.84. The maximum atomic E-state index is 6.01. The van der Waals surface area contributed by atoms with Crippen LogP contribution in [0.3, 0.4) is 0 Å². The van der Waals surface area contributed by atoms with Gasteiger partial charge in [0.1, 0.15) is 11.0 Å². The zero-order valence-corrected chi connectivity index (χ0v) is 14.1. The van der Waals surface area contributed by atoms with Gasteiger partial charge in [-0.15, -0.1) is 0 Å². The standard InChI is InChI=1S/C16H26ClN5/c1-12-4-7-21(8-5-12)10-13-3-2-6-22(11-13)15-9-14(17)19-16(18)20-15/h9,12-13H,2-8,10-11H2,1H3,(H2,18,19,20). The molecule has 1 unspecified atom stereocenters. The molecule has 0 spiro atoms. The molecular weight excluding hydrogens is 298 g/mol. The maximum Gasteiger partial charge on any atom is 0.223 e. The number of likely N-dealkylation sites (tertiary alicyclic amines) is 1. The molecule has 3 rings (SSSR count). The van der Waals surface area contributed by atoms with Crippen molar-refractivity contribution in [2.75, 3.05) is 43.4 Å². The van der Waals surface area contributed by atoms with Crippen molar-refractivity contribution in [2.45, 2.75) is 32.6 Å². The van der Waals surface area contributed by atoms with Crippen LogP contribution in [-0.2, 0) is 0 Å². The third-order valence-electron chi connectivity index (χ3n) is 4.93. The van der Waals surface area contributed by atoms with Crippen molar-refractivity contribution in [3.05, 3.63) is 11.2 Å². The van der Waals surface area contributed by atoms with E-state index < -0.39 is 0 Å². The predicted octanol–water partition coefficient (Wildman–Crippen LogP) is 2.66. The average Bonchev–Trinajstić information content (AvgIpc) is 2.49. The molecule has 1 aromatic rings. The van der Waals surface area contributed by atoms with E-state index in [-0.39, 0.29) is 5.95 Å². The summed E-state index contributed by atoms with van der Waals surface area (Å²) in [6, 6.07) is 1.82. The zero-order valence-electron chi connectivity index (χ0n) is 13.3. The Morgan fingerprint density at radius 2 is 2.00 bits per heavy atom. The van der Waals surface area contributed by atoms with Crippen LogP contribution in [0.15, 0.2) is 6.07 Å². The number of anilines is 2. The fourth-order valence-corrected chi connectivity index (χ4v) is 3.80. The van der Waals surface area contributed by atoms with Crippen LogP contribution < -0.4 is 10.6 Å². The van der Waals surface area contributed by atoms with Crippen LogP contribution in [0.1, 0.15) is 32.6 Å². The van der Waals surface area contributed by atoms with Gasteiger partial charge in [-0.1, -0.05) is 18.5 Å². The van der Waals surface area contributed by atoms with Gasteiger partial charge in [-0.05, 0) is 50.6 Å². The van der Waals surface area contributed by atoms with Crippen LogP contribution in [0, 0.1) is 11.8 Å². The van der Waals surface area contributed by atoms with Gasteiger partial charge >= 0.3 is 0 Å². The van der Waals surface area contributed by atoms with Crippen LogP contribution in [0.25, 0.3) is 0 Å². The lowest BCUT2D eigenvalue weighted by atomic mass is 9.94. The van der Waals surface area contributed by atoms with E-state index >= 15 is 0 Å². The molecule has 2 aliphatic heterocycles. The van der Waals surface area contributed by atoms with Crippen molar-refractivity contribution >= 4 is 23.4 Å². The van der Waals surface area contributed by atoms with Crippen molar-refractivity contribution in [1.29, 1.82) is 0 Å². The Labute approximate surface area is 137 Å². The van der Waals surface area contributed by atoms with Crippen molar-refractivity contribution in [2.24, 2.45) is 11.8 Å². The van der Waals surface area contributed by atoms with E-state index in [1.165, 1.54) is 45.3 Å². The molecule has 2 N–H and O–H groups in total. The van der Waals surface area contributed by atoms with Crippen LogP contribution in [-0.4, -0.2) is 47.6 Å². The molecule has 6 heteroatoms. The maximum absolute atomic E-state index is 6.01. The summed E-state index contributed by atoms with van der Waals surface area (Å²) in [5.74, 6) is 2.73. The van der Waals surface area contributed by atoms with Gasteiger partial charge in [-0.2, -0.15) is 4.98 Å². The van der Waals surface area contributed by atoms with Crippen LogP contribution in [0.2, 0.25) is 5.15 Å². The molecule has 2 saturated heterocycles. The number of rotatable bonds is 3. The van der Waals surface area contributed by atoms with Gasteiger partial charge in [0.05, 0.1) is 0 Å². The van der Waals surface area contributed by atoms with Gasteiger partial charge in [-0.3, -0.25) is 0 Å². The molecule has 2 aliphatic rings. The summed E-state index contributed by atoms with van der Waals surface area (Å²) in [6.45, 7) is 8.15. The number of piperidine rings is 2. The number of nitrogens with two attached hydrogens (primary N) is 1. The zero-order chi connectivity index (χ0) is 15.5. The molecule has 2 fully saturated rings. The van der Waals surface area contributed by atoms with E-state index in [0.717, 1.165) is 24.8 Å². The van der Waals surface area contributed by atoms with E-state index in [9.17, 15) is 0 Å². The summed E-state index contributed by atoms with van der Waals surface area (Å²) >= 11 is 6.01. The SMILES string of the molecule is CC1CCN(CC2CCCN(c3cc(Cl)nc(N)n3)C2)CC1. The van der Waals surface area contributed by atoms with Gasteiger partial charge in [0, 0.05) is 25.7 Å². The topological polar surface area (TPSA) is 58.3 Å². The Bertz CT molecular complexity index is 481. The minimum absolute atomic E-state index is 0.259. The summed E-state index contributed by atoms with van der Waals surface area (Å²) in [5, 5.41) is 0.426. The van der Waals surface area contributed by atoms with E-state index in [2.05, 4.69) is 26.7 Å². The smallest absolute Gasteiger partial charge is 0.223 e. The number of nitrogens with zero attached hydrogens (tertiary/aromatic N) is 4. The van der Waals surface area contributed by atoms with Gasteiger partial charge in [0.2, 0.25) is 5.95 Å². The highest BCUT2D eigenvalue weighted by molar-refractivity contribution is 6.29. The lowest BCUT2D eigenvalue weighted by Gasteiger charge is -2.38. The van der Waals surface area contributed by atoms with Crippen molar-refractivity contribution < 1.29 is 0 Å². The van der Waals surface area contributed by atoms with Gasteiger partial charge in [0.25, 0.3) is 0 Å². The fourth-order valence-electron chi connectivity index (χ4n) is 3.62. The third-order valence-corrected chi connectivity index (χ3v) is 5.13. The molecule has 22 heavy (non-hydrogen) atoms. The highest BCUT2D eigenvalue weighted by Crippen LogP contribution is 2.25. The Hall–Kier alpha value is -1.07. The first-order valence-electron chi connectivity index (χ1n) is 8.37. The molecule has 0 aromatic carbocycles. The molecule has 5 nitrogen and oxygen atoms in total. The van der Waals surface area contributed by atoms with Crippen molar-refractivity contribution in [3.8, 4) is 0 Å². The van der Waals surface area contributed by atoms with E-state index in [4.69, 9.17) is 17.3 Å². The van der Waals surface area contributed by atoms with E-state index in [1.807, 2.05) is 6.07 Å². The normalized spacial score (nSPS) is 24.6. The molecule has 0 saturated carbocycles. The summed E-state index contributed by atoms with van der Waals surface area (Å²) in [7, 11) is 0. The highest BCUT2D eigenvalue weighted by Gasteiger charge is 2.25. The molecule has 3 heterocycles. The first-order valence-corrected chi connectivity index (χ1v) is 8.75. The fraction of sp³-hybridized carbons (Fsp3) is 0.750. The number of halogens is 1. The van der Waals surface area contributed by atoms with Gasteiger partial charge < -0.3 is 15.5 Å². The largest absolute Gasteiger partial charge is 0.368 e. The Morgan fingerprint density at radius 1 is 1.23 bits per heavy atom. The van der Waals surface area contributed by atoms with E-state index in [0.29, 0.717) is 11.1 Å². The summed E-state index contributed by atoms with van der Waals surface area (Å²) < 4.78 is 0. The molecule has 1 aromatic heterocycles. The van der Waals surface area contributed by atoms with Crippen LogP contribution in [0.4, 0.5) is 11.8 Å². The molecule has 0 aliphatic carbocycles. The molecular formula is C16H26ClN5. The third kappa shape index (κ3) is 4.02. The number of hydrogen-bond acceptors (Lipinski definition) is 5.